The number of nitrogens with one attached hydrogen (secondary N) is 2. The van der Waals surface area contributed by atoms with Crippen molar-refractivity contribution in [3.8, 4) is 0 Å². The lowest BCUT2D eigenvalue weighted by molar-refractivity contribution is 0.0683. The van der Waals surface area contributed by atoms with Gasteiger partial charge in [0.2, 0.25) is 10.0 Å². The standard InChI is InChI=1S/C12H16N4O4S/c1-8(2)16-7-10(3-11(16)12(17)18)21(19,20)15-6-9-4-13-14-5-9/h3-5,7-8,15H,6H2,1-2H3,(H,13,14)(H,17,18). The van der Waals surface area contributed by atoms with Gasteiger partial charge in [-0.05, 0) is 19.9 Å². The molecule has 0 aliphatic rings. The fourth-order valence-corrected chi connectivity index (χ4v) is 2.88. The molecule has 8 nitrogen and oxygen atoms in total. The van der Waals surface area contributed by atoms with Gasteiger partial charge in [-0.3, -0.25) is 5.10 Å². The number of carbonyl (C=O) groups is 1. The van der Waals surface area contributed by atoms with Gasteiger partial charge in [0.05, 0.1) is 6.20 Å². The largest absolute Gasteiger partial charge is 0.477 e. The first-order chi connectivity index (χ1) is 9.81. The second kappa shape index (κ2) is 5.70. The first-order valence-electron chi connectivity index (χ1n) is 6.23. The van der Waals surface area contributed by atoms with Crippen molar-refractivity contribution >= 4 is 16.0 Å². The lowest BCUT2D eigenvalue weighted by Gasteiger charge is -2.09. The molecule has 0 atom stereocenters. The Bertz CT molecular complexity index is 731. The summed E-state index contributed by atoms with van der Waals surface area (Å²) in [6, 6.07) is 0.994. The van der Waals surface area contributed by atoms with Crippen LogP contribution in [0.4, 0.5) is 0 Å². The molecule has 2 aromatic heterocycles. The van der Waals surface area contributed by atoms with E-state index in [0.717, 1.165) is 6.07 Å². The summed E-state index contributed by atoms with van der Waals surface area (Å²) < 4.78 is 28.2. The molecule has 2 rings (SSSR count). The number of aromatic nitrogens is 3. The number of hydrogen-bond donors (Lipinski definition) is 3. The molecule has 0 unspecified atom stereocenters. The number of hydrogen-bond acceptors (Lipinski definition) is 4. The summed E-state index contributed by atoms with van der Waals surface area (Å²) in [7, 11) is -3.78. The summed E-state index contributed by atoms with van der Waals surface area (Å²) in [6.45, 7) is 3.64. The quantitative estimate of drug-likeness (QED) is 0.734. The third-order valence-corrected chi connectivity index (χ3v) is 4.30. The molecule has 0 saturated carbocycles. The summed E-state index contributed by atoms with van der Waals surface area (Å²) in [4.78, 5) is 11.1. The van der Waals surface area contributed by atoms with Gasteiger partial charge in [-0.2, -0.15) is 5.10 Å². The van der Waals surface area contributed by atoms with Crippen LogP contribution < -0.4 is 4.72 Å². The van der Waals surface area contributed by atoms with Crippen molar-refractivity contribution in [2.24, 2.45) is 0 Å². The van der Waals surface area contributed by atoms with Crippen LogP contribution in [0.3, 0.4) is 0 Å². The number of sulfonamides is 1. The monoisotopic (exact) mass is 312 g/mol. The zero-order valence-corrected chi connectivity index (χ0v) is 12.4. The van der Waals surface area contributed by atoms with Gasteiger partial charge >= 0.3 is 5.97 Å². The van der Waals surface area contributed by atoms with Crippen molar-refractivity contribution in [1.29, 1.82) is 0 Å². The fraction of sp³-hybridized carbons (Fsp3) is 0.333. The summed E-state index contributed by atoms with van der Waals surface area (Å²) in [5, 5.41) is 15.4. The molecule has 0 spiro atoms. The molecule has 2 heterocycles. The molecule has 0 aromatic carbocycles. The zero-order chi connectivity index (χ0) is 15.6. The number of carboxylic acid groups (broad SMARTS) is 1. The number of nitrogens with zero attached hydrogens (tertiary/aromatic N) is 2. The minimum absolute atomic E-state index is 0.0614. The van der Waals surface area contributed by atoms with E-state index in [1.54, 1.807) is 20.0 Å². The number of aromatic carboxylic acids is 1. The molecular weight excluding hydrogens is 296 g/mol. The van der Waals surface area contributed by atoms with E-state index in [0.29, 0.717) is 5.56 Å². The Labute approximate surface area is 121 Å². The van der Waals surface area contributed by atoms with Crippen LogP contribution in [0.25, 0.3) is 0 Å². The summed E-state index contributed by atoms with van der Waals surface area (Å²) in [5.74, 6) is -1.17. The first-order valence-corrected chi connectivity index (χ1v) is 7.72. The SMILES string of the molecule is CC(C)n1cc(S(=O)(=O)NCc2cn[nH]c2)cc1C(=O)O. The smallest absolute Gasteiger partial charge is 0.352 e. The van der Waals surface area contributed by atoms with Gasteiger partial charge in [-0.25, -0.2) is 17.9 Å². The Balaban J connectivity index is 2.27. The number of rotatable bonds is 6. The van der Waals surface area contributed by atoms with Gasteiger partial charge in [-0.1, -0.05) is 0 Å². The molecule has 0 fully saturated rings. The Morgan fingerprint density at radius 1 is 1.52 bits per heavy atom. The number of carboxylic acids is 1. The molecule has 0 saturated heterocycles. The van der Waals surface area contributed by atoms with E-state index < -0.39 is 16.0 Å². The van der Waals surface area contributed by atoms with Crippen molar-refractivity contribution in [2.75, 3.05) is 0 Å². The van der Waals surface area contributed by atoms with E-state index in [-0.39, 0.29) is 23.2 Å². The lowest BCUT2D eigenvalue weighted by Crippen LogP contribution is -2.22. The van der Waals surface area contributed by atoms with Crippen LogP contribution in [0.15, 0.2) is 29.6 Å². The maximum Gasteiger partial charge on any atom is 0.352 e. The minimum atomic E-state index is -3.78. The van der Waals surface area contributed by atoms with Crippen molar-refractivity contribution < 1.29 is 18.3 Å². The van der Waals surface area contributed by atoms with Crippen LogP contribution in [0.1, 0.15) is 35.9 Å². The summed E-state index contributed by atoms with van der Waals surface area (Å²) >= 11 is 0. The van der Waals surface area contributed by atoms with Crippen LogP contribution in [-0.2, 0) is 16.6 Å². The summed E-state index contributed by atoms with van der Waals surface area (Å²) in [6.07, 6.45) is 4.40. The van der Waals surface area contributed by atoms with Crippen molar-refractivity contribution in [3.05, 3.63) is 35.9 Å². The molecule has 0 aliphatic heterocycles. The van der Waals surface area contributed by atoms with E-state index in [2.05, 4.69) is 14.9 Å². The molecular formula is C12H16N4O4S. The molecule has 114 valence electrons. The van der Waals surface area contributed by atoms with E-state index in [1.165, 1.54) is 17.0 Å². The second-order valence-corrected chi connectivity index (χ2v) is 6.57. The van der Waals surface area contributed by atoms with Gasteiger partial charge in [0.1, 0.15) is 10.6 Å². The van der Waals surface area contributed by atoms with Gasteiger partial charge in [0.15, 0.2) is 0 Å². The van der Waals surface area contributed by atoms with Gasteiger partial charge in [0.25, 0.3) is 0 Å². The third kappa shape index (κ3) is 3.31. The summed E-state index contributed by atoms with van der Waals surface area (Å²) in [5.41, 5.74) is 0.619. The van der Waals surface area contributed by atoms with E-state index in [1.807, 2.05) is 0 Å². The van der Waals surface area contributed by atoms with Crippen LogP contribution in [0.5, 0.6) is 0 Å². The molecule has 0 amide bonds. The fourth-order valence-electron chi connectivity index (χ4n) is 1.84. The molecule has 0 bridgehead atoms. The van der Waals surface area contributed by atoms with E-state index >= 15 is 0 Å². The average Bonchev–Trinajstić information content (AvgIpc) is 3.06. The highest BCUT2D eigenvalue weighted by atomic mass is 32.2. The Morgan fingerprint density at radius 2 is 2.24 bits per heavy atom. The Kier molecular flexibility index (Phi) is 4.14. The van der Waals surface area contributed by atoms with Crippen LogP contribution >= 0.6 is 0 Å². The first kappa shape index (κ1) is 15.3. The lowest BCUT2D eigenvalue weighted by atomic mass is 10.3. The molecule has 9 heteroatoms. The van der Waals surface area contributed by atoms with Gasteiger partial charge in [0, 0.05) is 30.5 Å². The third-order valence-electron chi connectivity index (χ3n) is 2.93. The Morgan fingerprint density at radius 3 is 2.71 bits per heavy atom. The highest BCUT2D eigenvalue weighted by Crippen LogP contribution is 2.19. The number of aromatic amines is 1. The molecule has 3 N–H and O–H groups in total. The zero-order valence-electron chi connectivity index (χ0n) is 11.6. The van der Waals surface area contributed by atoms with E-state index in [9.17, 15) is 13.2 Å². The van der Waals surface area contributed by atoms with Gasteiger partial charge < -0.3 is 9.67 Å². The number of H-pyrrole nitrogens is 1. The topological polar surface area (TPSA) is 117 Å². The normalized spacial score (nSPS) is 12.0. The van der Waals surface area contributed by atoms with Crippen LogP contribution in [-0.4, -0.2) is 34.3 Å². The van der Waals surface area contributed by atoms with Crippen molar-refractivity contribution in [1.82, 2.24) is 19.5 Å². The second-order valence-electron chi connectivity index (χ2n) is 4.80. The predicted molar refractivity (Wildman–Crippen MR) is 74.4 cm³/mol. The molecule has 0 aliphatic carbocycles. The van der Waals surface area contributed by atoms with E-state index in [4.69, 9.17) is 5.11 Å². The highest BCUT2D eigenvalue weighted by Gasteiger charge is 2.22. The van der Waals surface area contributed by atoms with Crippen LogP contribution in [0.2, 0.25) is 0 Å². The molecule has 21 heavy (non-hydrogen) atoms. The maximum atomic E-state index is 12.2. The highest BCUT2D eigenvalue weighted by molar-refractivity contribution is 7.89. The van der Waals surface area contributed by atoms with Crippen molar-refractivity contribution in [3.63, 3.8) is 0 Å². The molecule has 0 radical (unpaired) electrons. The Hall–Kier alpha value is -2.13. The maximum absolute atomic E-state index is 12.2. The average molecular weight is 312 g/mol. The predicted octanol–water partition coefficient (Wildman–Crippen LogP) is 0.969. The van der Waals surface area contributed by atoms with Crippen LogP contribution in [0, 0.1) is 0 Å². The molecule has 2 aromatic rings. The minimum Gasteiger partial charge on any atom is -0.477 e. The van der Waals surface area contributed by atoms with Gasteiger partial charge in [-0.15, -0.1) is 0 Å². The van der Waals surface area contributed by atoms with Crippen molar-refractivity contribution in [2.45, 2.75) is 31.3 Å².